The minimum absolute atomic E-state index is 0.126. The van der Waals surface area contributed by atoms with Gasteiger partial charge in [-0.3, -0.25) is 4.79 Å². The lowest BCUT2D eigenvalue weighted by Gasteiger charge is -2.25. The van der Waals surface area contributed by atoms with Gasteiger partial charge in [0, 0.05) is 19.2 Å². The van der Waals surface area contributed by atoms with Crippen molar-refractivity contribution in [2.75, 3.05) is 20.2 Å². The van der Waals surface area contributed by atoms with Gasteiger partial charge in [-0.2, -0.15) is 0 Å². The lowest BCUT2D eigenvalue weighted by molar-refractivity contribution is 0.0367. The molecule has 1 aromatic carbocycles. The number of aliphatic hydroxyl groups excluding tert-OH is 1. The van der Waals surface area contributed by atoms with Crippen LogP contribution in [0.15, 0.2) is 18.2 Å². The first-order valence-corrected chi connectivity index (χ1v) is 6.12. The summed E-state index contributed by atoms with van der Waals surface area (Å²) >= 11 is 0. The topological polar surface area (TPSA) is 60.8 Å². The first-order valence-electron chi connectivity index (χ1n) is 6.12. The summed E-state index contributed by atoms with van der Waals surface area (Å²) in [6, 6.07) is 3.96. The molecule has 2 N–H and O–H groups in total. The van der Waals surface area contributed by atoms with Crippen molar-refractivity contribution in [2.24, 2.45) is 0 Å². The van der Waals surface area contributed by atoms with Crippen molar-refractivity contribution in [1.82, 2.24) is 4.90 Å². The fraction of sp³-hybridized carbons (Fsp3) is 0.400. The van der Waals surface area contributed by atoms with Gasteiger partial charge in [-0.05, 0) is 32.0 Å². The molecule has 1 rings (SSSR count). The molecule has 0 heterocycles. The zero-order chi connectivity index (χ0) is 15.3. The number of likely N-dealkylation sites (N-methyl/N-ethyl adjacent to an activating group) is 1. The molecule has 5 heteroatoms. The van der Waals surface area contributed by atoms with E-state index in [9.17, 15) is 14.3 Å². The van der Waals surface area contributed by atoms with Gasteiger partial charge in [0.15, 0.2) is 0 Å². The fourth-order valence-electron chi connectivity index (χ4n) is 1.76. The van der Waals surface area contributed by atoms with Crippen LogP contribution in [0.25, 0.3) is 0 Å². The molecule has 0 saturated carbocycles. The summed E-state index contributed by atoms with van der Waals surface area (Å²) in [6.45, 7) is 2.96. The molecule has 1 amide bonds. The van der Waals surface area contributed by atoms with Crippen LogP contribution in [-0.2, 0) is 0 Å². The average molecular weight is 279 g/mol. The van der Waals surface area contributed by atoms with E-state index in [1.807, 2.05) is 0 Å². The summed E-state index contributed by atoms with van der Waals surface area (Å²) in [5, 5.41) is 18.2. The minimum atomic E-state index is -1.02. The Balaban J connectivity index is 2.92. The van der Waals surface area contributed by atoms with Crippen LogP contribution >= 0.6 is 0 Å². The molecule has 4 nitrogen and oxygen atoms in total. The van der Waals surface area contributed by atoms with Gasteiger partial charge in [-0.1, -0.05) is 11.8 Å². The number of carbonyl (C=O) groups excluding carboxylic acids is 1. The van der Waals surface area contributed by atoms with Crippen LogP contribution in [0.1, 0.15) is 29.8 Å². The quantitative estimate of drug-likeness (QED) is 0.812. The highest BCUT2D eigenvalue weighted by Gasteiger charge is 2.20. The lowest BCUT2D eigenvalue weighted by Crippen LogP contribution is -2.39. The van der Waals surface area contributed by atoms with Gasteiger partial charge >= 0.3 is 0 Å². The molecule has 0 aromatic heterocycles. The maximum atomic E-state index is 13.7. The Bertz CT molecular complexity index is 552. The van der Waals surface area contributed by atoms with Gasteiger partial charge in [0.25, 0.3) is 5.91 Å². The van der Waals surface area contributed by atoms with Crippen LogP contribution in [0.5, 0.6) is 0 Å². The number of nitrogens with zero attached hydrogens (tertiary/aromatic N) is 1. The predicted molar refractivity (Wildman–Crippen MR) is 73.6 cm³/mol. The zero-order valence-electron chi connectivity index (χ0n) is 11.8. The zero-order valence-corrected chi connectivity index (χ0v) is 11.8. The number of aliphatic hydroxyl groups is 2. The third-order valence-corrected chi connectivity index (χ3v) is 2.49. The Kier molecular flexibility index (Phi) is 5.26. The summed E-state index contributed by atoms with van der Waals surface area (Å²) < 4.78 is 13.7. The molecule has 20 heavy (non-hydrogen) atoms. The highest BCUT2D eigenvalue weighted by Crippen LogP contribution is 2.13. The van der Waals surface area contributed by atoms with E-state index in [1.165, 1.54) is 24.1 Å². The summed E-state index contributed by atoms with van der Waals surface area (Å²) in [4.78, 5) is 13.4. The molecule has 0 spiro atoms. The van der Waals surface area contributed by atoms with Crippen LogP contribution < -0.4 is 0 Å². The highest BCUT2D eigenvalue weighted by atomic mass is 19.1. The monoisotopic (exact) mass is 279 g/mol. The molecule has 0 atom stereocenters. The van der Waals surface area contributed by atoms with E-state index >= 15 is 0 Å². The van der Waals surface area contributed by atoms with Crippen LogP contribution in [0.4, 0.5) is 4.39 Å². The molecule has 1 aromatic rings. The van der Waals surface area contributed by atoms with Gasteiger partial charge in [-0.15, -0.1) is 0 Å². The molecular weight excluding hydrogens is 261 g/mol. The number of rotatable bonds is 3. The summed E-state index contributed by atoms with van der Waals surface area (Å²) in [7, 11) is 1.54. The molecule has 108 valence electrons. The number of halogens is 1. The molecule has 0 bridgehead atoms. The Labute approximate surface area is 117 Å². The SMILES string of the molecule is CN(CC(C)(C)O)C(=O)c1ccc(C#CCO)c(F)c1. The van der Waals surface area contributed by atoms with Crippen molar-refractivity contribution in [3.05, 3.63) is 35.1 Å². The highest BCUT2D eigenvalue weighted by molar-refractivity contribution is 5.94. The summed E-state index contributed by atoms with van der Waals surface area (Å²) in [5.41, 5.74) is -0.709. The number of amides is 1. The van der Waals surface area contributed by atoms with Crippen LogP contribution in [0, 0.1) is 17.7 Å². The van der Waals surface area contributed by atoms with Gasteiger partial charge in [0.05, 0.1) is 11.2 Å². The molecule has 0 aliphatic heterocycles. The van der Waals surface area contributed by atoms with Gasteiger partial charge in [-0.25, -0.2) is 4.39 Å². The van der Waals surface area contributed by atoms with Gasteiger partial charge in [0.1, 0.15) is 12.4 Å². The van der Waals surface area contributed by atoms with Crippen molar-refractivity contribution in [3.8, 4) is 11.8 Å². The van der Waals surface area contributed by atoms with Crippen molar-refractivity contribution in [3.63, 3.8) is 0 Å². The number of benzene rings is 1. The average Bonchev–Trinajstić information content (AvgIpc) is 2.34. The maximum absolute atomic E-state index is 13.7. The molecule has 0 radical (unpaired) electrons. The second kappa shape index (κ2) is 6.51. The van der Waals surface area contributed by atoms with Crippen LogP contribution in [-0.4, -0.2) is 46.8 Å². The Morgan fingerprint density at radius 1 is 1.45 bits per heavy atom. The first kappa shape index (κ1) is 16.2. The van der Waals surface area contributed by atoms with Crippen molar-refractivity contribution in [2.45, 2.75) is 19.4 Å². The van der Waals surface area contributed by atoms with Crippen molar-refractivity contribution < 1.29 is 19.4 Å². The summed E-state index contributed by atoms with van der Waals surface area (Å²) in [6.07, 6.45) is 0. The van der Waals surface area contributed by atoms with Gasteiger partial charge < -0.3 is 15.1 Å². The Hall–Kier alpha value is -1.90. The first-order chi connectivity index (χ1) is 9.24. The van der Waals surface area contributed by atoms with Crippen molar-refractivity contribution >= 4 is 5.91 Å². The van der Waals surface area contributed by atoms with E-state index in [1.54, 1.807) is 13.8 Å². The van der Waals surface area contributed by atoms with E-state index in [0.29, 0.717) is 0 Å². The van der Waals surface area contributed by atoms with E-state index in [2.05, 4.69) is 11.8 Å². The molecule has 0 aliphatic rings. The normalized spacial score (nSPS) is 10.7. The Morgan fingerprint density at radius 2 is 2.10 bits per heavy atom. The Morgan fingerprint density at radius 3 is 2.60 bits per heavy atom. The molecular formula is C15H18FNO3. The second-order valence-electron chi connectivity index (χ2n) is 5.13. The van der Waals surface area contributed by atoms with E-state index < -0.39 is 11.4 Å². The van der Waals surface area contributed by atoms with Gasteiger partial charge in [0.2, 0.25) is 0 Å². The minimum Gasteiger partial charge on any atom is -0.389 e. The fourth-order valence-corrected chi connectivity index (χ4v) is 1.76. The maximum Gasteiger partial charge on any atom is 0.253 e. The second-order valence-corrected chi connectivity index (χ2v) is 5.13. The largest absolute Gasteiger partial charge is 0.389 e. The third-order valence-electron chi connectivity index (χ3n) is 2.49. The molecule has 0 unspecified atom stereocenters. The van der Waals surface area contributed by atoms with Crippen LogP contribution in [0.2, 0.25) is 0 Å². The summed E-state index contributed by atoms with van der Waals surface area (Å²) in [5.74, 6) is 3.80. The van der Waals surface area contributed by atoms with Crippen LogP contribution in [0.3, 0.4) is 0 Å². The van der Waals surface area contributed by atoms with E-state index in [0.717, 1.165) is 6.07 Å². The number of carbonyl (C=O) groups is 1. The predicted octanol–water partition coefficient (Wildman–Crippen LogP) is 1.01. The van der Waals surface area contributed by atoms with E-state index in [4.69, 9.17) is 5.11 Å². The number of hydrogen-bond acceptors (Lipinski definition) is 3. The number of hydrogen-bond donors (Lipinski definition) is 2. The standard InChI is InChI=1S/C15H18FNO3/c1-15(2,20)10-17(3)14(19)12-7-6-11(5-4-8-18)13(16)9-12/h6-7,9,18,20H,8,10H2,1-3H3. The lowest BCUT2D eigenvalue weighted by atomic mass is 10.1. The van der Waals surface area contributed by atoms with E-state index in [-0.39, 0.29) is 30.2 Å². The molecule has 0 saturated heterocycles. The smallest absolute Gasteiger partial charge is 0.253 e. The molecule has 0 aliphatic carbocycles. The third kappa shape index (κ3) is 4.65. The molecule has 0 fully saturated rings. The van der Waals surface area contributed by atoms with Crippen molar-refractivity contribution in [1.29, 1.82) is 0 Å².